The van der Waals surface area contributed by atoms with Gasteiger partial charge < -0.3 is 10.1 Å². The Balaban J connectivity index is 1.78. The molecule has 5 heteroatoms. The predicted octanol–water partition coefficient (Wildman–Crippen LogP) is 5.11. The van der Waals surface area contributed by atoms with Crippen molar-refractivity contribution >= 4 is 28.9 Å². The summed E-state index contributed by atoms with van der Waals surface area (Å²) in [4.78, 5) is 0. The van der Waals surface area contributed by atoms with E-state index in [1.54, 1.807) is 0 Å². The predicted molar refractivity (Wildman–Crippen MR) is 84.2 cm³/mol. The van der Waals surface area contributed by atoms with E-state index < -0.39 is 5.82 Å². The van der Waals surface area contributed by atoms with Gasteiger partial charge in [-0.2, -0.15) is 0 Å². The van der Waals surface area contributed by atoms with E-state index in [0.29, 0.717) is 34.8 Å². The molecule has 0 aliphatic carbocycles. The number of rotatable bonds is 3. The van der Waals surface area contributed by atoms with E-state index in [1.165, 1.54) is 17.7 Å². The number of nitrogens with one attached hydrogen (secondary N) is 1. The summed E-state index contributed by atoms with van der Waals surface area (Å²) in [7, 11) is 0. The Hall–Kier alpha value is -1.45. The fourth-order valence-corrected chi connectivity index (χ4v) is 3.16. The summed E-state index contributed by atoms with van der Waals surface area (Å²) in [5.41, 5.74) is 1.74. The smallest absolute Gasteiger partial charge is 0.126 e. The van der Waals surface area contributed by atoms with Crippen LogP contribution in [0.3, 0.4) is 0 Å². The summed E-state index contributed by atoms with van der Waals surface area (Å²) >= 11 is 12.1. The Morgan fingerprint density at radius 3 is 2.67 bits per heavy atom. The van der Waals surface area contributed by atoms with Crippen LogP contribution in [-0.2, 0) is 0 Å². The molecule has 0 spiro atoms. The molecule has 2 aromatic rings. The molecule has 0 saturated carbocycles. The van der Waals surface area contributed by atoms with Crippen LogP contribution < -0.4 is 10.1 Å². The molecule has 110 valence electrons. The molecule has 1 N–H and O–H groups in total. The highest BCUT2D eigenvalue weighted by Gasteiger charge is 2.21. The van der Waals surface area contributed by atoms with Crippen LogP contribution in [0, 0.1) is 5.82 Å². The molecule has 0 fully saturated rings. The summed E-state index contributed by atoms with van der Waals surface area (Å²) in [6.45, 7) is 1.36. The molecule has 21 heavy (non-hydrogen) atoms. The van der Waals surface area contributed by atoms with E-state index in [-0.39, 0.29) is 0 Å². The van der Waals surface area contributed by atoms with Crippen molar-refractivity contribution in [2.24, 2.45) is 0 Å². The summed E-state index contributed by atoms with van der Waals surface area (Å²) in [6, 6.07) is 10.5. The van der Waals surface area contributed by atoms with Crippen molar-refractivity contribution in [1.82, 2.24) is 0 Å². The zero-order valence-corrected chi connectivity index (χ0v) is 12.7. The van der Waals surface area contributed by atoms with Gasteiger partial charge in [0.05, 0.1) is 22.3 Å². The third kappa shape index (κ3) is 3.09. The molecular formula is C16H14Cl2FNO. The van der Waals surface area contributed by atoms with Crippen LogP contribution in [0.4, 0.5) is 10.1 Å². The first-order chi connectivity index (χ1) is 10.1. The Morgan fingerprint density at radius 1 is 1.19 bits per heavy atom. The highest BCUT2D eigenvalue weighted by Crippen LogP contribution is 2.36. The van der Waals surface area contributed by atoms with E-state index in [1.807, 2.05) is 18.2 Å². The number of anilines is 1. The Labute approximate surface area is 132 Å². The molecule has 2 nitrogen and oxygen atoms in total. The van der Waals surface area contributed by atoms with Crippen molar-refractivity contribution in [3.05, 3.63) is 57.8 Å². The lowest BCUT2D eigenvalue weighted by Crippen LogP contribution is -2.20. The van der Waals surface area contributed by atoms with Crippen molar-refractivity contribution in [3.63, 3.8) is 0 Å². The van der Waals surface area contributed by atoms with Crippen LogP contribution in [0.2, 0.25) is 10.0 Å². The SMILES string of the molecule is Fc1cc(Cl)c(NCC2CCOc3ccccc32)c(Cl)c1. The first-order valence-corrected chi connectivity index (χ1v) is 7.51. The normalized spacial score (nSPS) is 17.0. The van der Waals surface area contributed by atoms with Gasteiger partial charge in [-0.15, -0.1) is 0 Å². The van der Waals surface area contributed by atoms with Crippen molar-refractivity contribution in [3.8, 4) is 5.75 Å². The van der Waals surface area contributed by atoms with Crippen molar-refractivity contribution in [1.29, 1.82) is 0 Å². The van der Waals surface area contributed by atoms with E-state index in [9.17, 15) is 4.39 Å². The number of para-hydroxylation sites is 1. The first kappa shape index (κ1) is 14.5. The first-order valence-electron chi connectivity index (χ1n) is 6.75. The standard InChI is InChI=1S/C16H14Cl2FNO/c17-13-7-11(19)8-14(18)16(13)20-9-10-5-6-21-15-4-2-1-3-12(10)15/h1-4,7-8,10,20H,5-6,9H2. The number of benzene rings is 2. The summed E-state index contributed by atoms with van der Waals surface area (Å²) in [5.74, 6) is 0.797. The summed E-state index contributed by atoms with van der Waals surface area (Å²) < 4.78 is 18.8. The van der Waals surface area contributed by atoms with Gasteiger partial charge in [-0.1, -0.05) is 41.4 Å². The van der Waals surface area contributed by atoms with E-state index in [0.717, 1.165) is 12.2 Å². The molecule has 0 amide bonds. The monoisotopic (exact) mass is 325 g/mol. The molecule has 3 rings (SSSR count). The zero-order valence-electron chi connectivity index (χ0n) is 11.2. The largest absolute Gasteiger partial charge is 0.493 e. The van der Waals surface area contributed by atoms with Crippen LogP contribution >= 0.6 is 23.2 Å². The number of hydrogen-bond donors (Lipinski definition) is 1. The van der Waals surface area contributed by atoms with Crippen molar-refractivity contribution in [2.75, 3.05) is 18.5 Å². The maximum Gasteiger partial charge on any atom is 0.126 e. The minimum absolute atomic E-state index is 0.292. The van der Waals surface area contributed by atoms with E-state index in [4.69, 9.17) is 27.9 Å². The van der Waals surface area contributed by atoms with Gasteiger partial charge in [-0.05, 0) is 30.2 Å². The molecule has 1 unspecified atom stereocenters. The number of ether oxygens (including phenoxy) is 1. The van der Waals surface area contributed by atoms with Gasteiger partial charge in [0.15, 0.2) is 0 Å². The summed E-state index contributed by atoms with van der Waals surface area (Å²) in [5, 5.41) is 3.82. The maximum atomic E-state index is 13.2. The van der Waals surface area contributed by atoms with Gasteiger partial charge in [-0.3, -0.25) is 0 Å². The quantitative estimate of drug-likeness (QED) is 0.846. The van der Waals surface area contributed by atoms with Gasteiger partial charge in [0.1, 0.15) is 11.6 Å². The van der Waals surface area contributed by atoms with E-state index >= 15 is 0 Å². The van der Waals surface area contributed by atoms with Crippen LogP contribution in [0.15, 0.2) is 36.4 Å². The molecular weight excluding hydrogens is 312 g/mol. The van der Waals surface area contributed by atoms with E-state index in [2.05, 4.69) is 11.4 Å². The lowest BCUT2D eigenvalue weighted by atomic mass is 9.93. The number of hydrogen-bond acceptors (Lipinski definition) is 2. The molecule has 0 saturated heterocycles. The molecule has 2 aromatic carbocycles. The van der Waals surface area contributed by atoms with Crippen molar-refractivity contribution < 1.29 is 9.13 Å². The summed E-state index contributed by atoms with van der Waals surface area (Å²) in [6.07, 6.45) is 0.917. The third-order valence-corrected chi connectivity index (χ3v) is 4.21. The molecule has 1 aliphatic rings. The number of fused-ring (bicyclic) bond motifs is 1. The molecule has 1 aliphatic heterocycles. The Kier molecular flexibility index (Phi) is 4.22. The average molecular weight is 326 g/mol. The third-order valence-electron chi connectivity index (χ3n) is 3.61. The molecule has 0 aromatic heterocycles. The highest BCUT2D eigenvalue weighted by atomic mass is 35.5. The van der Waals surface area contributed by atoms with Gasteiger partial charge in [0, 0.05) is 12.5 Å². The zero-order chi connectivity index (χ0) is 14.8. The molecule has 1 heterocycles. The lowest BCUT2D eigenvalue weighted by molar-refractivity contribution is 0.270. The topological polar surface area (TPSA) is 21.3 Å². The molecule has 1 atom stereocenters. The Bertz CT molecular complexity index is 639. The average Bonchev–Trinajstić information content (AvgIpc) is 2.46. The Morgan fingerprint density at radius 2 is 1.90 bits per heavy atom. The highest BCUT2D eigenvalue weighted by molar-refractivity contribution is 6.39. The fourth-order valence-electron chi connectivity index (χ4n) is 2.56. The fraction of sp³-hybridized carbons (Fsp3) is 0.250. The van der Waals surface area contributed by atoms with Gasteiger partial charge in [-0.25, -0.2) is 4.39 Å². The lowest BCUT2D eigenvalue weighted by Gasteiger charge is -2.26. The van der Waals surface area contributed by atoms with Crippen LogP contribution in [0.25, 0.3) is 0 Å². The van der Waals surface area contributed by atoms with Crippen LogP contribution in [0.1, 0.15) is 17.9 Å². The minimum Gasteiger partial charge on any atom is -0.493 e. The minimum atomic E-state index is -0.438. The molecule has 0 bridgehead atoms. The number of halogens is 3. The van der Waals surface area contributed by atoms with Gasteiger partial charge in [0.25, 0.3) is 0 Å². The van der Waals surface area contributed by atoms with Gasteiger partial charge in [0.2, 0.25) is 0 Å². The van der Waals surface area contributed by atoms with Crippen LogP contribution in [0.5, 0.6) is 5.75 Å². The second kappa shape index (κ2) is 6.12. The second-order valence-electron chi connectivity index (χ2n) is 5.00. The second-order valence-corrected chi connectivity index (χ2v) is 5.81. The van der Waals surface area contributed by atoms with Crippen LogP contribution in [-0.4, -0.2) is 13.2 Å². The van der Waals surface area contributed by atoms with Crippen molar-refractivity contribution in [2.45, 2.75) is 12.3 Å². The molecule has 0 radical (unpaired) electrons. The maximum absolute atomic E-state index is 13.2. The van der Waals surface area contributed by atoms with Gasteiger partial charge >= 0.3 is 0 Å².